The fourth-order valence-electron chi connectivity index (χ4n) is 2.21. The van der Waals surface area contributed by atoms with Crippen molar-refractivity contribution in [3.63, 3.8) is 0 Å². The van der Waals surface area contributed by atoms with Gasteiger partial charge in [0.15, 0.2) is 11.5 Å². The van der Waals surface area contributed by atoms with E-state index in [4.69, 9.17) is 14.7 Å². The number of methoxy groups -OCH3 is 1. The first kappa shape index (κ1) is 16.0. The van der Waals surface area contributed by atoms with Crippen LogP contribution in [0.5, 0.6) is 11.5 Å². The van der Waals surface area contributed by atoms with Gasteiger partial charge in [0, 0.05) is 17.0 Å². The van der Waals surface area contributed by atoms with E-state index in [0.29, 0.717) is 23.7 Å². The molecule has 0 fully saturated rings. The summed E-state index contributed by atoms with van der Waals surface area (Å²) in [7, 11) is 1.56. The molecule has 0 atom stereocenters. The number of aryl methyl sites for hydroxylation is 1. The monoisotopic (exact) mass is 336 g/mol. The maximum absolute atomic E-state index is 8.93. The Balaban J connectivity index is 1.72. The van der Waals surface area contributed by atoms with Crippen LogP contribution in [-0.2, 0) is 6.61 Å². The van der Waals surface area contributed by atoms with Crippen molar-refractivity contribution in [2.45, 2.75) is 13.5 Å². The van der Waals surface area contributed by atoms with Crippen LogP contribution in [0, 0.1) is 18.3 Å². The zero-order valence-electron chi connectivity index (χ0n) is 13.4. The SMILES string of the molecule is COc1cc(C#N)ccc1OCc1csc(-c2ccc(C)cc2)n1. The summed E-state index contributed by atoms with van der Waals surface area (Å²) in [5, 5.41) is 11.9. The van der Waals surface area contributed by atoms with Crippen molar-refractivity contribution in [3.8, 4) is 28.1 Å². The molecule has 1 heterocycles. The predicted molar refractivity (Wildman–Crippen MR) is 94.3 cm³/mol. The van der Waals surface area contributed by atoms with E-state index in [9.17, 15) is 0 Å². The average Bonchev–Trinajstić information content (AvgIpc) is 3.09. The van der Waals surface area contributed by atoms with Gasteiger partial charge in [-0.3, -0.25) is 0 Å². The van der Waals surface area contributed by atoms with Gasteiger partial charge in [-0.1, -0.05) is 29.8 Å². The third-order valence-corrected chi connectivity index (χ3v) is 4.46. The molecule has 0 saturated carbocycles. The predicted octanol–water partition coefficient (Wildman–Crippen LogP) is 4.58. The number of thiazole rings is 1. The van der Waals surface area contributed by atoms with Crippen LogP contribution in [0.15, 0.2) is 47.8 Å². The topological polar surface area (TPSA) is 55.1 Å². The van der Waals surface area contributed by atoms with Crippen molar-refractivity contribution in [1.82, 2.24) is 4.98 Å². The van der Waals surface area contributed by atoms with Gasteiger partial charge in [0.1, 0.15) is 11.6 Å². The summed E-state index contributed by atoms with van der Waals surface area (Å²) >= 11 is 1.59. The van der Waals surface area contributed by atoms with Gasteiger partial charge in [-0.05, 0) is 19.1 Å². The number of nitriles is 1. The summed E-state index contributed by atoms with van der Waals surface area (Å²) in [6.07, 6.45) is 0. The van der Waals surface area contributed by atoms with E-state index in [1.165, 1.54) is 5.56 Å². The smallest absolute Gasteiger partial charge is 0.162 e. The van der Waals surface area contributed by atoms with Crippen LogP contribution >= 0.6 is 11.3 Å². The molecule has 2 aromatic carbocycles. The molecule has 0 unspecified atom stereocenters. The molecule has 1 aromatic heterocycles. The molecule has 0 N–H and O–H groups in total. The van der Waals surface area contributed by atoms with Gasteiger partial charge in [-0.15, -0.1) is 11.3 Å². The molecule has 0 aliphatic carbocycles. The van der Waals surface area contributed by atoms with Gasteiger partial charge in [-0.25, -0.2) is 4.98 Å². The number of benzene rings is 2. The van der Waals surface area contributed by atoms with Gasteiger partial charge in [0.05, 0.1) is 24.4 Å². The Morgan fingerprint density at radius 3 is 2.62 bits per heavy atom. The van der Waals surface area contributed by atoms with Crippen LogP contribution in [0.1, 0.15) is 16.8 Å². The second kappa shape index (κ2) is 7.16. The fraction of sp³-hybridized carbons (Fsp3) is 0.158. The number of rotatable bonds is 5. The molecular weight excluding hydrogens is 320 g/mol. The van der Waals surface area contributed by atoms with E-state index in [2.05, 4.69) is 42.2 Å². The van der Waals surface area contributed by atoms with Crippen molar-refractivity contribution >= 4 is 11.3 Å². The van der Waals surface area contributed by atoms with Gasteiger partial charge in [-0.2, -0.15) is 5.26 Å². The largest absolute Gasteiger partial charge is 0.493 e. The van der Waals surface area contributed by atoms with Crippen LogP contribution < -0.4 is 9.47 Å². The normalized spacial score (nSPS) is 10.2. The first-order valence-electron chi connectivity index (χ1n) is 7.42. The van der Waals surface area contributed by atoms with E-state index in [1.54, 1.807) is 36.6 Å². The molecule has 5 heteroatoms. The molecule has 3 aromatic rings. The molecule has 3 rings (SSSR count). The average molecular weight is 336 g/mol. The van der Waals surface area contributed by atoms with E-state index in [-0.39, 0.29) is 0 Å². The number of aromatic nitrogens is 1. The minimum absolute atomic E-state index is 0.352. The first-order valence-corrected chi connectivity index (χ1v) is 8.30. The highest BCUT2D eigenvalue weighted by Crippen LogP contribution is 2.29. The Morgan fingerprint density at radius 1 is 1.12 bits per heavy atom. The molecule has 0 aliphatic heterocycles. The molecular formula is C19H16N2O2S. The highest BCUT2D eigenvalue weighted by Gasteiger charge is 2.09. The Labute approximate surface area is 144 Å². The van der Waals surface area contributed by atoms with Crippen molar-refractivity contribution < 1.29 is 9.47 Å². The zero-order chi connectivity index (χ0) is 16.9. The van der Waals surface area contributed by atoms with Gasteiger partial charge >= 0.3 is 0 Å². The molecule has 0 aliphatic rings. The Kier molecular flexibility index (Phi) is 4.78. The van der Waals surface area contributed by atoms with E-state index < -0.39 is 0 Å². The highest BCUT2D eigenvalue weighted by atomic mass is 32.1. The maximum Gasteiger partial charge on any atom is 0.162 e. The lowest BCUT2D eigenvalue weighted by atomic mass is 10.2. The van der Waals surface area contributed by atoms with Crippen LogP contribution in [0.2, 0.25) is 0 Å². The summed E-state index contributed by atoms with van der Waals surface area (Å²) < 4.78 is 11.1. The fourth-order valence-corrected chi connectivity index (χ4v) is 3.02. The summed E-state index contributed by atoms with van der Waals surface area (Å²) in [6.45, 7) is 2.42. The Bertz CT molecular complexity index is 879. The number of hydrogen-bond acceptors (Lipinski definition) is 5. The zero-order valence-corrected chi connectivity index (χ0v) is 14.3. The Hall–Kier alpha value is -2.84. The van der Waals surface area contributed by atoms with Gasteiger partial charge in [0.25, 0.3) is 0 Å². The third-order valence-electron chi connectivity index (χ3n) is 3.52. The summed E-state index contributed by atoms with van der Waals surface area (Å²) in [6, 6.07) is 15.5. The Morgan fingerprint density at radius 2 is 1.92 bits per heavy atom. The van der Waals surface area contributed by atoms with Crippen molar-refractivity contribution in [1.29, 1.82) is 5.26 Å². The minimum atomic E-state index is 0.352. The molecule has 0 radical (unpaired) electrons. The number of nitrogens with zero attached hydrogens (tertiary/aromatic N) is 2. The van der Waals surface area contributed by atoms with E-state index >= 15 is 0 Å². The summed E-state index contributed by atoms with van der Waals surface area (Å²) in [5.74, 6) is 1.14. The first-order chi connectivity index (χ1) is 11.7. The molecule has 0 saturated heterocycles. The molecule has 24 heavy (non-hydrogen) atoms. The summed E-state index contributed by atoms with van der Waals surface area (Å²) in [4.78, 5) is 4.61. The molecule has 4 nitrogen and oxygen atoms in total. The quantitative estimate of drug-likeness (QED) is 0.684. The van der Waals surface area contributed by atoms with Crippen LogP contribution in [-0.4, -0.2) is 12.1 Å². The lowest BCUT2D eigenvalue weighted by Gasteiger charge is -2.09. The number of hydrogen-bond donors (Lipinski definition) is 0. The van der Waals surface area contributed by atoms with Crippen LogP contribution in [0.4, 0.5) is 0 Å². The summed E-state index contributed by atoms with van der Waals surface area (Å²) in [5.41, 5.74) is 3.73. The lowest BCUT2D eigenvalue weighted by molar-refractivity contribution is 0.281. The van der Waals surface area contributed by atoms with Gasteiger partial charge < -0.3 is 9.47 Å². The van der Waals surface area contributed by atoms with Crippen molar-refractivity contribution in [3.05, 3.63) is 64.7 Å². The third kappa shape index (κ3) is 3.55. The van der Waals surface area contributed by atoms with Gasteiger partial charge in [0.2, 0.25) is 0 Å². The van der Waals surface area contributed by atoms with E-state index in [0.717, 1.165) is 16.3 Å². The van der Waals surface area contributed by atoms with Crippen molar-refractivity contribution in [2.24, 2.45) is 0 Å². The second-order valence-electron chi connectivity index (χ2n) is 5.28. The molecule has 0 spiro atoms. The second-order valence-corrected chi connectivity index (χ2v) is 6.13. The van der Waals surface area contributed by atoms with Crippen molar-refractivity contribution in [2.75, 3.05) is 7.11 Å². The minimum Gasteiger partial charge on any atom is -0.493 e. The maximum atomic E-state index is 8.93. The van der Waals surface area contributed by atoms with Crippen LogP contribution in [0.3, 0.4) is 0 Å². The van der Waals surface area contributed by atoms with Crippen LogP contribution in [0.25, 0.3) is 10.6 Å². The molecule has 0 bridgehead atoms. The lowest BCUT2D eigenvalue weighted by Crippen LogP contribution is -1.98. The standard InChI is InChI=1S/C19H16N2O2S/c1-13-3-6-15(7-4-13)19-21-16(12-24-19)11-23-17-8-5-14(10-20)9-18(17)22-2/h3-9,12H,11H2,1-2H3. The molecule has 120 valence electrons. The highest BCUT2D eigenvalue weighted by molar-refractivity contribution is 7.13. The van der Waals surface area contributed by atoms with E-state index in [1.807, 2.05) is 5.38 Å². The number of ether oxygens (including phenoxy) is 2. The molecule has 0 amide bonds.